The second kappa shape index (κ2) is 7.83. The molecule has 4 heterocycles. The van der Waals surface area contributed by atoms with E-state index in [-0.39, 0.29) is 6.73 Å². The van der Waals surface area contributed by atoms with Crippen molar-refractivity contribution >= 4 is 23.7 Å². The summed E-state index contributed by atoms with van der Waals surface area (Å²) in [4.78, 5) is 20.6. The van der Waals surface area contributed by atoms with Crippen LogP contribution in [0.25, 0.3) is 0 Å². The number of methoxy groups -OCH3 is 1. The van der Waals surface area contributed by atoms with Crippen LogP contribution in [0.5, 0.6) is 5.75 Å². The lowest BCUT2D eigenvalue weighted by atomic mass is 10.1. The van der Waals surface area contributed by atoms with Crippen LogP contribution in [0.3, 0.4) is 0 Å². The topological polar surface area (TPSA) is 77.3 Å². The molecule has 1 aromatic heterocycles. The molecule has 0 spiro atoms. The van der Waals surface area contributed by atoms with Gasteiger partial charge in [0.15, 0.2) is 0 Å². The predicted molar refractivity (Wildman–Crippen MR) is 127 cm³/mol. The van der Waals surface area contributed by atoms with E-state index in [0.29, 0.717) is 12.5 Å². The van der Waals surface area contributed by atoms with Crippen LogP contribution in [0, 0.1) is 0 Å². The molecule has 168 valence electrons. The summed E-state index contributed by atoms with van der Waals surface area (Å²) in [7, 11) is 3.77. The Bertz CT molecular complexity index is 1270. The number of rotatable bonds is 5. The number of anilines is 3. The molecule has 8 nitrogen and oxygen atoms in total. The van der Waals surface area contributed by atoms with Crippen molar-refractivity contribution in [2.75, 3.05) is 30.7 Å². The summed E-state index contributed by atoms with van der Waals surface area (Å²) in [5.41, 5.74) is 7.79. The largest absolute Gasteiger partial charge is 0.497 e. The number of hydrogen-bond donors (Lipinski definition) is 1. The average molecular weight is 443 g/mol. The fourth-order valence-corrected chi connectivity index (χ4v) is 4.91. The normalized spacial score (nSPS) is 16.2. The van der Waals surface area contributed by atoms with Gasteiger partial charge in [0, 0.05) is 43.6 Å². The first-order valence-electron chi connectivity index (χ1n) is 11.1. The summed E-state index contributed by atoms with van der Waals surface area (Å²) in [5.74, 6) is 2.32. The standard InChI is InChI=1S/C25H26N6O2/c1-29-13-22-23(14-29)27-25(30-11-17-4-6-21(33-2)8-19(17)12-30)28-24(22)31(15-32)20-5-3-16-9-26-10-18(16)7-20/h3-8,10,32H,9,11-15H2,1-2H3. The van der Waals surface area contributed by atoms with Crippen molar-refractivity contribution in [3.8, 4) is 5.75 Å². The Balaban J connectivity index is 1.40. The molecule has 6 rings (SSSR count). The summed E-state index contributed by atoms with van der Waals surface area (Å²) < 4.78 is 5.40. The maximum Gasteiger partial charge on any atom is 0.228 e. The van der Waals surface area contributed by atoms with Gasteiger partial charge in [0.25, 0.3) is 0 Å². The number of ether oxygens (including phenoxy) is 1. The van der Waals surface area contributed by atoms with E-state index < -0.39 is 0 Å². The summed E-state index contributed by atoms with van der Waals surface area (Å²) in [6, 6.07) is 12.4. The van der Waals surface area contributed by atoms with E-state index in [2.05, 4.69) is 46.1 Å². The van der Waals surface area contributed by atoms with Crippen molar-refractivity contribution in [1.29, 1.82) is 0 Å². The fourth-order valence-electron chi connectivity index (χ4n) is 4.91. The smallest absolute Gasteiger partial charge is 0.228 e. The van der Waals surface area contributed by atoms with Gasteiger partial charge in [0.05, 0.1) is 19.3 Å². The predicted octanol–water partition coefficient (Wildman–Crippen LogP) is 2.97. The van der Waals surface area contributed by atoms with Crippen LogP contribution < -0.4 is 14.5 Å². The van der Waals surface area contributed by atoms with E-state index >= 15 is 0 Å². The summed E-state index contributed by atoms with van der Waals surface area (Å²) >= 11 is 0. The van der Waals surface area contributed by atoms with Crippen LogP contribution in [-0.4, -0.2) is 47.1 Å². The summed E-state index contributed by atoms with van der Waals surface area (Å²) in [6.45, 7) is 3.55. The highest BCUT2D eigenvalue weighted by Crippen LogP contribution is 2.37. The van der Waals surface area contributed by atoms with E-state index in [4.69, 9.17) is 14.7 Å². The van der Waals surface area contributed by atoms with Gasteiger partial charge in [-0.15, -0.1) is 0 Å². The number of aromatic nitrogens is 2. The minimum Gasteiger partial charge on any atom is -0.497 e. The minimum absolute atomic E-state index is 0.167. The van der Waals surface area contributed by atoms with Gasteiger partial charge in [-0.1, -0.05) is 12.1 Å². The molecule has 3 aliphatic rings. The number of benzene rings is 2. The zero-order chi connectivity index (χ0) is 22.5. The molecule has 1 N–H and O–H groups in total. The Morgan fingerprint density at radius 3 is 2.70 bits per heavy atom. The van der Waals surface area contributed by atoms with Crippen molar-refractivity contribution in [1.82, 2.24) is 14.9 Å². The van der Waals surface area contributed by atoms with Crippen LogP contribution >= 0.6 is 0 Å². The third kappa shape index (κ3) is 3.42. The average Bonchev–Trinajstić information content (AvgIpc) is 3.55. The number of nitrogens with zero attached hydrogens (tertiary/aromatic N) is 6. The van der Waals surface area contributed by atoms with Crippen molar-refractivity contribution in [3.63, 3.8) is 0 Å². The number of aliphatic hydroxyl groups is 1. The Hall–Kier alpha value is -3.49. The number of aliphatic imine (C=N–C) groups is 1. The second-order valence-corrected chi connectivity index (χ2v) is 8.86. The van der Waals surface area contributed by atoms with Crippen LogP contribution in [0.1, 0.15) is 33.5 Å². The van der Waals surface area contributed by atoms with Crippen LogP contribution in [0.15, 0.2) is 41.4 Å². The Morgan fingerprint density at radius 1 is 1.00 bits per heavy atom. The zero-order valence-corrected chi connectivity index (χ0v) is 18.8. The molecule has 3 aliphatic heterocycles. The van der Waals surface area contributed by atoms with Crippen molar-refractivity contribution < 1.29 is 9.84 Å². The maximum atomic E-state index is 10.4. The first kappa shape index (κ1) is 20.1. The maximum absolute atomic E-state index is 10.4. The van der Waals surface area contributed by atoms with Crippen molar-refractivity contribution in [2.24, 2.45) is 4.99 Å². The molecule has 0 saturated carbocycles. The highest BCUT2D eigenvalue weighted by Gasteiger charge is 2.30. The van der Waals surface area contributed by atoms with Crippen molar-refractivity contribution in [3.05, 3.63) is 69.9 Å². The first-order valence-corrected chi connectivity index (χ1v) is 11.1. The number of hydrogen-bond acceptors (Lipinski definition) is 8. The van der Waals surface area contributed by atoms with E-state index in [1.165, 1.54) is 16.7 Å². The van der Waals surface area contributed by atoms with Gasteiger partial charge in [-0.3, -0.25) is 9.89 Å². The second-order valence-electron chi connectivity index (χ2n) is 8.86. The quantitative estimate of drug-likeness (QED) is 0.609. The van der Waals surface area contributed by atoms with E-state index in [9.17, 15) is 5.11 Å². The number of aliphatic hydroxyl groups excluding tert-OH is 1. The fraction of sp³-hybridized carbons (Fsp3) is 0.320. The lowest BCUT2D eigenvalue weighted by Crippen LogP contribution is -2.24. The first-order chi connectivity index (χ1) is 16.1. The lowest BCUT2D eigenvalue weighted by molar-refractivity contribution is 0.303. The molecule has 3 aromatic rings. The molecule has 0 amide bonds. The molecule has 8 heteroatoms. The van der Waals surface area contributed by atoms with E-state index in [0.717, 1.165) is 60.3 Å². The molecule has 33 heavy (non-hydrogen) atoms. The monoisotopic (exact) mass is 442 g/mol. The molecule has 0 fully saturated rings. The molecular formula is C25H26N6O2. The van der Waals surface area contributed by atoms with Gasteiger partial charge in [0.2, 0.25) is 5.95 Å². The van der Waals surface area contributed by atoms with E-state index in [1.54, 1.807) is 7.11 Å². The molecule has 2 aromatic carbocycles. The molecule has 0 atom stereocenters. The molecule has 0 radical (unpaired) electrons. The Kier molecular flexibility index (Phi) is 4.78. The van der Waals surface area contributed by atoms with Crippen LogP contribution in [0.2, 0.25) is 0 Å². The minimum atomic E-state index is -0.167. The third-order valence-corrected chi connectivity index (χ3v) is 6.66. The molecule has 0 aliphatic carbocycles. The van der Waals surface area contributed by atoms with Gasteiger partial charge in [-0.2, -0.15) is 4.98 Å². The van der Waals surface area contributed by atoms with Crippen LogP contribution in [-0.2, 0) is 32.7 Å². The highest BCUT2D eigenvalue weighted by molar-refractivity contribution is 5.86. The molecular weight excluding hydrogens is 416 g/mol. The van der Waals surface area contributed by atoms with Gasteiger partial charge < -0.3 is 19.6 Å². The summed E-state index contributed by atoms with van der Waals surface area (Å²) in [6.07, 6.45) is 1.90. The molecule has 0 saturated heterocycles. The molecule has 0 unspecified atom stereocenters. The SMILES string of the molecule is COc1ccc2c(c1)CN(c1nc3c(c(N(CO)c4ccc5c(c4)C=NC5)n1)CN(C)C3)C2. The zero-order valence-electron chi connectivity index (χ0n) is 18.8. The highest BCUT2D eigenvalue weighted by atomic mass is 16.5. The third-order valence-electron chi connectivity index (χ3n) is 6.66. The summed E-state index contributed by atoms with van der Waals surface area (Å²) in [5, 5.41) is 10.4. The van der Waals surface area contributed by atoms with Gasteiger partial charge >= 0.3 is 0 Å². The van der Waals surface area contributed by atoms with E-state index in [1.807, 2.05) is 23.2 Å². The van der Waals surface area contributed by atoms with Gasteiger partial charge in [-0.05, 0) is 53.6 Å². The van der Waals surface area contributed by atoms with Gasteiger partial charge in [0.1, 0.15) is 18.3 Å². The van der Waals surface area contributed by atoms with Crippen LogP contribution in [0.4, 0.5) is 17.5 Å². The van der Waals surface area contributed by atoms with Gasteiger partial charge in [-0.25, -0.2) is 4.98 Å². The Morgan fingerprint density at radius 2 is 1.85 bits per heavy atom. The van der Waals surface area contributed by atoms with Crippen molar-refractivity contribution in [2.45, 2.75) is 32.7 Å². The number of fused-ring (bicyclic) bond motifs is 3. The Labute approximate surface area is 192 Å². The molecule has 0 bridgehead atoms. The lowest BCUT2D eigenvalue weighted by Gasteiger charge is -2.26.